The SMILES string of the molecule is OC1CCC(Oc2ncc(C#Cc3ccccc3)cn2)CC1. The molecule has 1 fully saturated rings. The monoisotopic (exact) mass is 294 g/mol. The van der Waals surface area contributed by atoms with Crippen LogP contribution in [0.5, 0.6) is 6.01 Å². The van der Waals surface area contributed by atoms with Gasteiger partial charge in [-0.1, -0.05) is 30.0 Å². The Balaban J connectivity index is 1.60. The third-order valence-electron chi connectivity index (χ3n) is 3.67. The van der Waals surface area contributed by atoms with Crippen LogP contribution in [0.3, 0.4) is 0 Å². The van der Waals surface area contributed by atoms with E-state index in [1.807, 2.05) is 30.3 Å². The molecule has 1 aliphatic carbocycles. The second-order valence-electron chi connectivity index (χ2n) is 5.42. The maximum atomic E-state index is 9.48. The summed E-state index contributed by atoms with van der Waals surface area (Å²) in [4.78, 5) is 8.41. The van der Waals surface area contributed by atoms with Gasteiger partial charge in [-0.15, -0.1) is 0 Å². The Morgan fingerprint density at radius 2 is 1.55 bits per heavy atom. The highest BCUT2D eigenvalue weighted by molar-refractivity contribution is 5.40. The molecular formula is C18H18N2O2. The van der Waals surface area contributed by atoms with Gasteiger partial charge in [0.05, 0.1) is 11.7 Å². The average molecular weight is 294 g/mol. The van der Waals surface area contributed by atoms with Gasteiger partial charge in [-0.3, -0.25) is 0 Å². The number of nitrogens with zero attached hydrogens (tertiary/aromatic N) is 2. The normalized spacial score (nSPS) is 20.8. The molecular weight excluding hydrogens is 276 g/mol. The van der Waals surface area contributed by atoms with Gasteiger partial charge in [0.15, 0.2) is 0 Å². The summed E-state index contributed by atoms with van der Waals surface area (Å²) in [6.07, 6.45) is 6.53. The van der Waals surface area contributed by atoms with Crippen molar-refractivity contribution < 1.29 is 9.84 Å². The van der Waals surface area contributed by atoms with E-state index >= 15 is 0 Å². The highest BCUT2D eigenvalue weighted by Gasteiger charge is 2.21. The lowest BCUT2D eigenvalue weighted by molar-refractivity contribution is 0.0618. The minimum Gasteiger partial charge on any atom is -0.460 e. The number of hydrogen-bond acceptors (Lipinski definition) is 4. The fraction of sp³-hybridized carbons (Fsp3) is 0.333. The van der Waals surface area contributed by atoms with Gasteiger partial charge in [0.1, 0.15) is 6.10 Å². The van der Waals surface area contributed by atoms with Crippen molar-refractivity contribution in [3.05, 3.63) is 53.9 Å². The molecule has 0 atom stereocenters. The molecule has 1 aromatic heterocycles. The van der Waals surface area contributed by atoms with E-state index in [0.29, 0.717) is 6.01 Å². The zero-order valence-electron chi connectivity index (χ0n) is 12.3. The number of ether oxygens (including phenoxy) is 1. The molecule has 2 aromatic rings. The van der Waals surface area contributed by atoms with E-state index < -0.39 is 0 Å². The Bertz CT molecular complexity index is 651. The number of benzene rings is 1. The summed E-state index contributed by atoms with van der Waals surface area (Å²) < 4.78 is 5.74. The lowest BCUT2D eigenvalue weighted by Gasteiger charge is -2.25. The molecule has 0 aliphatic heterocycles. The van der Waals surface area contributed by atoms with Crippen molar-refractivity contribution in [3.63, 3.8) is 0 Å². The highest BCUT2D eigenvalue weighted by Crippen LogP contribution is 2.21. The zero-order valence-corrected chi connectivity index (χ0v) is 12.3. The van der Waals surface area contributed by atoms with Crippen molar-refractivity contribution in [2.75, 3.05) is 0 Å². The lowest BCUT2D eigenvalue weighted by Crippen LogP contribution is -2.27. The quantitative estimate of drug-likeness (QED) is 0.865. The van der Waals surface area contributed by atoms with Gasteiger partial charge in [-0.2, -0.15) is 0 Å². The highest BCUT2D eigenvalue weighted by atomic mass is 16.5. The standard InChI is InChI=1S/C18H18N2O2/c21-16-8-10-17(11-9-16)22-18-19-12-15(13-20-18)7-6-14-4-2-1-3-5-14/h1-5,12-13,16-17,21H,8-11H2. The van der Waals surface area contributed by atoms with Gasteiger partial charge in [0.25, 0.3) is 0 Å². The van der Waals surface area contributed by atoms with E-state index in [4.69, 9.17) is 4.74 Å². The van der Waals surface area contributed by atoms with Crippen LogP contribution >= 0.6 is 0 Å². The van der Waals surface area contributed by atoms with E-state index in [1.165, 1.54) is 0 Å². The number of aliphatic hydroxyl groups is 1. The van der Waals surface area contributed by atoms with Crippen molar-refractivity contribution >= 4 is 0 Å². The van der Waals surface area contributed by atoms with Crippen LogP contribution in [0.4, 0.5) is 0 Å². The minimum atomic E-state index is -0.184. The molecule has 0 unspecified atom stereocenters. The van der Waals surface area contributed by atoms with Gasteiger partial charge in [0, 0.05) is 18.0 Å². The van der Waals surface area contributed by atoms with Crippen molar-refractivity contribution in [1.29, 1.82) is 0 Å². The number of rotatable bonds is 2. The van der Waals surface area contributed by atoms with E-state index in [1.54, 1.807) is 12.4 Å². The van der Waals surface area contributed by atoms with Gasteiger partial charge in [0.2, 0.25) is 0 Å². The van der Waals surface area contributed by atoms with Crippen LogP contribution in [0.2, 0.25) is 0 Å². The van der Waals surface area contributed by atoms with Crippen LogP contribution in [-0.4, -0.2) is 27.3 Å². The first kappa shape index (κ1) is 14.6. The summed E-state index contributed by atoms with van der Waals surface area (Å²) in [6, 6.07) is 10.2. The van der Waals surface area contributed by atoms with Crippen LogP contribution in [0.1, 0.15) is 36.8 Å². The van der Waals surface area contributed by atoms with Gasteiger partial charge >= 0.3 is 6.01 Å². The van der Waals surface area contributed by atoms with Crippen LogP contribution in [-0.2, 0) is 0 Å². The molecule has 0 radical (unpaired) electrons. The fourth-order valence-corrected chi connectivity index (χ4v) is 2.42. The summed E-state index contributed by atoms with van der Waals surface area (Å²) in [5.41, 5.74) is 1.72. The molecule has 4 heteroatoms. The molecule has 1 aromatic carbocycles. The molecule has 1 saturated carbocycles. The van der Waals surface area contributed by atoms with Crippen molar-refractivity contribution in [2.45, 2.75) is 37.9 Å². The van der Waals surface area contributed by atoms with Crippen LogP contribution in [0.25, 0.3) is 0 Å². The number of hydrogen-bond donors (Lipinski definition) is 1. The summed E-state index contributed by atoms with van der Waals surface area (Å²) in [5, 5.41) is 9.48. The molecule has 0 bridgehead atoms. The maximum absolute atomic E-state index is 9.48. The predicted molar refractivity (Wildman–Crippen MR) is 83.3 cm³/mol. The topological polar surface area (TPSA) is 55.2 Å². The first-order valence-electron chi connectivity index (χ1n) is 7.53. The minimum absolute atomic E-state index is 0.102. The van der Waals surface area contributed by atoms with Gasteiger partial charge in [-0.25, -0.2) is 9.97 Å². The summed E-state index contributed by atoms with van der Waals surface area (Å²) in [5.74, 6) is 6.10. The third kappa shape index (κ3) is 4.06. The molecule has 0 amide bonds. The smallest absolute Gasteiger partial charge is 0.316 e. The lowest BCUT2D eigenvalue weighted by atomic mass is 9.95. The Morgan fingerprint density at radius 3 is 2.23 bits per heavy atom. The van der Waals surface area contributed by atoms with Crippen molar-refractivity contribution in [3.8, 4) is 17.9 Å². The summed E-state index contributed by atoms with van der Waals surface area (Å²) >= 11 is 0. The van der Waals surface area contributed by atoms with Crippen LogP contribution < -0.4 is 4.74 Å². The van der Waals surface area contributed by atoms with Crippen LogP contribution in [0, 0.1) is 11.8 Å². The Labute approximate surface area is 130 Å². The molecule has 0 spiro atoms. The first-order valence-corrected chi connectivity index (χ1v) is 7.53. The largest absolute Gasteiger partial charge is 0.460 e. The third-order valence-corrected chi connectivity index (χ3v) is 3.67. The van der Waals surface area contributed by atoms with E-state index in [9.17, 15) is 5.11 Å². The molecule has 4 nitrogen and oxygen atoms in total. The second kappa shape index (κ2) is 7.06. The van der Waals surface area contributed by atoms with Crippen molar-refractivity contribution in [1.82, 2.24) is 9.97 Å². The summed E-state index contributed by atoms with van der Waals surface area (Å²) in [6.45, 7) is 0. The van der Waals surface area contributed by atoms with E-state index in [2.05, 4.69) is 21.8 Å². The predicted octanol–water partition coefficient (Wildman–Crippen LogP) is 2.56. The Hall–Kier alpha value is -2.38. The second-order valence-corrected chi connectivity index (χ2v) is 5.42. The molecule has 1 N–H and O–H groups in total. The Morgan fingerprint density at radius 1 is 0.909 bits per heavy atom. The molecule has 3 rings (SSSR count). The zero-order chi connectivity index (χ0) is 15.2. The Kier molecular flexibility index (Phi) is 4.67. The first-order chi connectivity index (χ1) is 10.8. The molecule has 22 heavy (non-hydrogen) atoms. The van der Waals surface area contributed by atoms with Gasteiger partial charge in [-0.05, 0) is 37.8 Å². The molecule has 1 heterocycles. The molecule has 0 saturated heterocycles. The number of aromatic nitrogens is 2. The average Bonchev–Trinajstić information content (AvgIpc) is 2.57. The maximum Gasteiger partial charge on any atom is 0.316 e. The van der Waals surface area contributed by atoms with Crippen LogP contribution in [0.15, 0.2) is 42.7 Å². The molecule has 1 aliphatic rings. The van der Waals surface area contributed by atoms with Crippen molar-refractivity contribution in [2.24, 2.45) is 0 Å². The van der Waals surface area contributed by atoms with Gasteiger partial charge < -0.3 is 9.84 Å². The number of aliphatic hydroxyl groups excluding tert-OH is 1. The summed E-state index contributed by atoms with van der Waals surface area (Å²) in [7, 11) is 0. The molecule has 112 valence electrons. The van der Waals surface area contributed by atoms with E-state index in [-0.39, 0.29) is 12.2 Å². The fourth-order valence-electron chi connectivity index (χ4n) is 2.42. The van der Waals surface area contributed by atoms with E-state index in [0.717, 1.165) is 36.8 Å².